The van der Waals surface area contributed by atoms with Gasteiger partial charge < -0.3 is 10.1 Å². The molecule has 0 spiro atoms. The van der Waals surface area contributed by atoms with E-state index in [2.05, 4.69) is 5.32 Å². The van der Waals surface area contributed by atoms with Gasteiger partial charge in [-0.05, 0) is 25.5 Å². The lowest BCUT2D eigenvalue weighted by molar-refractivity contribution is -0.124. The van der Waals surface area contributed by atoms with Crippen molar-refractivity contribution in [1.82, 2.24) is 5.32 Å². The minimum absolute atomic E-state index is 0.0366. The molecule has 0 aliphatic carbocycles. The molecule has 0 unspecified atom stereocenters. The molecule has 0 aromatic heterocycles. The summed E-state index contributed by atoms with van der Waals surface area (Å²) in [7, 11) is 0. The van der Waals surface area contributed by atoms with Crippen LogP contribution in [0.3, 0.4) is 0 Å². The van der Waals surface area contributed by atoms with Gasteiger partial charge in [-0.25, -0.2) is 4.79 Å². The van der Waals surface area contributed by atoms with Gasteiger partial charge in [0.1, 0.15) is 0 Å². The van der Waals surface area contributed by atoms with E-state index in [1.54, 1.807) is 36.4 Å². The molecule has 2 rings (SSSR count). The number of amides is 1. The van der Waals surface area contributed by atoms with Gasteiger partial charge in [0, 0.05) is 17.2 Å². The first-order chi connectivity index (χ1) is 12.0. The summed E-state index contributed by atoms with van der Waals surface area (Å²) in [6.07, 6.45) is 0.802. The van der Waals surface area contributed by atoms with Crippen LogP contribution in [0.2, 0.25) is 0 Å². The number of nitrogens with one attached hydrogen (secondary N) is 1. The molecule has 1 amide bonds. The van der Waals surface area contributed by atoms with E-state index < -0.39 is 5.97 Å². The number of carbonyl (C=O) groups is 3. The van der Waals surface area contributed by atoms with Crippen molar-refractivity contribution in [1.29, 1.82) is 0 Å². The van der Waals surface area contributed by atoms with E-state index in [4.69, 9.17) is 4.74 Å². The van der Waals surface area contributed by atoms with Crippen LogP contribution in [0, 0.1) is 0 Å². The Balaban J connectivity index is 1.94. The van der Waals surface area contributed by atoms with Crippen molar-refractivity contribution < 1.29 is 19.1 Å². The van der Waals surface area contributed by atoms with Gasteiger partial charge in [0.05, 0.1) is 5.56 Å². The summed E-state index contributed by atoms with van der Waals surface area (Å²) >= 11 is 0. The molecule has 0 bridgehead atoms. The molecule has 0 saturated carbocycles. The van der Waals surface area contributed by atoms with Crippen molar-refractivity contribution in [2.24, 2.45) is 0 Å². The quantitative estimate of drug-likeness (QED) is 0.622. The second-order valence-corrected chi connectivity index (χ2v) is 5.73. The van der Waals surface area contributed by atoms with E-state index in [-0.39, 0.29) is 24.3 Å². The molecular formula is C20H21NO4. The fourth-order valence-electron chi connectivity index (χ4n) is 2.15. The van der Waals surface area contributed by atoms with E-state index in [9.17, 15) is 14.4 Å². The number of ketones is 1. The molecule has 0 heterocycles. The Morgan fingerprint density at radius 2 is 1.48 bits per heavy atom. The van der Waals surface area contributed by atoms with E-state index in [1.165, 1.54) is 12.1 Å². The van der Waals surface area contributed by atoms with Crippen LogP contribution in [0.25, 0.3) is 0 Å². The average molecular weight is 339 g/mol. The van der Waals surface area contributed by atoms with Gasteiger partial charge in [0.15, 0.2) is 12.4 Å². The molecule has 25 heavy (non-hydrogen) atoms. The van der Waals surface area contributed by atoms with Gasteiger partial charge in [0.2, 0.25) is 0 Å². The minimum atomic E-state index is -0.599. The summed E-state index contributed by atoms with van der Waals surface area (Å²) in [5.74, 6) is -1.05. The summed E-state index contributed by atoms with van der Waals surface area (Å²) in [5, 5.41) is 2.72. The highest BCUT2D eigenvalue weighted by Gasteiger charge is 2.13. The lowest BCUT2D eigenvalue weighted by atomic mass is 10.0. The van der Waals surface area contributed by atoms with Crippen LogP contribution in [0.5, 0.6) is 0 Å². The molecule has 0 aliphatic rings. The number of benzene rings is 2. The van der Waals surface area contributed by atoms with Crippen molar-refractivity contribution in [3.8, 4) is 0 Å². The van der Waals surface area contributed by atoms with Crippen molar-refractivity contribution in [3.63, 3.8) is 0 Å². The monoisotopic (exact) mass is 339 g/mol. The van der Waals surface area contributed by atoms with Gasteiger partial charge >= 0.3 is 5.97 Å². The largest absolute Gasteiger partial charge is 0.452 e. The lowest BCUT2D eigenvalue weighted by Gasteiger charge is -2.11. The molecule has 5 nitrogen and oxygen atoms in total. The summed E-state index contributed by atoms with van der Waals surface area (Å²) < 4.78 is 4.98. The van der Waals surface area contributed by atoms with E-state index >= 15 is 0 Å². The standard InChI is InChI=1S/C20H21NO4/c1-3-14(2)21-18(22)13-25-20(24)17-11-9-16(10-12-17)19(23)15-7-5-4-6-8-15/h4-12,14H,3,13H2,1-2H3,(H,21,22)/t14-/m1/s1. The molecule has 1 atom stereocenters. The van der Waals surface area contributed by atoms with E-state index in [0.29, 0.717) is 16.7 Å². The molecule has 0 saturated heterocycles. The first-order valence-corrected chi connectivity index (χ1v) is 8.17. The Hall–Kier alpha value is -2.95. The number of carbonyl (C=O) groups excluding carboxylic acids is 3. The van der Waals surface area contributed by atoms with E-state index in [1.807, 2.05) is 19.9 Å². The predicted octanol–water partition coefficient (Wildman–Crippen LogP) is 2.99. The van der Waals surface area contributed by atoms with Gasteiger partial charge in [0.25, 0.3) is 5.91 Å². The third-order valence-corrected chi connectivity index (χ3v) is 3.77. The third-order valence-electron chi connectivity index (χ3n) is 3.77. The highest BCUT2D eigenvalue weighted by atomic mass is 16.5. The van der Waals surface area contributed by atoms with Crippen LogP contribution in [0.4, 0.5) is 0 Å². The molecule has 2 aromatic carbocycles. The summed E-state index contributed by atoms with van der Waals surface area (Å²) in [6.45, 7) is 3.51. The molecule has 0 aliphatic heterocycles. The van der Waals surface area contributed by atoms with Crippen LogP contribution in [0.1, 0.15) is 46.5 Å². The lowest BCUT2D eigenvalue weighted by Crippen LogP contribution is -2.35. The molecule has 2 aromatic rings. The minimum Gasteiger partial charge on any atom is -0.452 e. The van der Waals surface area contributed by atoms with Gasteiger partial charge in [-0.15, -0.1) is 0 Å². The van der Waals surface area contributed by atoms with Crippen molar-refractivity contribution >= 4 is 17.7 Å². The summed E-state index contributed by atoms with van der Waals surface area (Å²) in [6, 6.07) is 15.1. The maximum Gasteiger partial charge on any atom is 0.338 e. The fourth-order valence-corrected chi connectivity index (χ4v) is 2.15. The smallest absolute Gasteiger partial charge is 0.338 e. The number of esters is 1. The molecule has 5 heteroatoms. The molecule has 0 fully saturated rings. The van der Waals surface area contributed by atoms with Crippen LogP contribution in [0.15, 0.2) is 54.6 Å². The number of hydrogen-bond acceptors (Lipinski definition) is 4. The van der Waals surface area contributed by atoms with Gasteiger partial charge in [-0.1, -0.05) is 49.4 Å². The summed E-state index contributed by atoms with van der Waals surface area (Å²) in [5.41, 5.74) is 1.36. The predicted molar refractivity (Wildman–Crippen MR) is 94.5 cm³/mol. The number of rotatable bonds is 7. The normalized spacial score (nSPS) is 11.4. The Kier molecular flexibility index (Phi) is 6.46. The zero-order chi connectivity index (χ0) is 18.2. The highest BCUT2D eigenvalue weighted by molar-refractivity contribution is 6.09. The topological polar surface area (TPSA) is 72.5 Å². The Labute approximate surface area is 147 Å². The molecular weight excluding hydrogens is 318 g/mol. The van der Waals surface area contributed by atoms with Crippen LogP contribution in [-0.2, 0) is 9.53 Å². The maximum absolute atomic E-state index is 12.3. The fraction of sp³-hybridized carbons (Fsp3) is 0.250. The first kappa shape index (κ1) is 18.4. The SMILES string of the molecule is CC[C@@H](C)NC(=O)COC(=O)c1ccc(C(=O)c2ccccc2)cc1. The summed E-state index contributed by atoms with van der Waals surface area (Å²) in [4.78, 5) is 35.9. The van der Waals surface area contributed by atoms with Crippen LogP contribution >= 0.6 is 0 Å². The molecule has 0 radical (unpaired) electrons. The van der Waals surface area contributed by atoms with Gasteiger partial charge in [-0.2, -0.15) is 0 Å². The van der Waals surface area contributed by atoms with Crippen LogP contribution in [-0.4, -0.2) is 30.3 Å². The first-order valence-electron chi connectivity index (χ1n) is 8.17. The van der Waals surface area contributed by atoms with Crippen molar-refractivity contribution in [2.75, 3.05) is 6.61 Å². The van der Waals surface area contributed by atoms with Crippen LogP contribution < -0.4 is 5.32 Å². The number of ether oxygens (including phenoxy) is 1. The van der Waals surface area contributed by atoms with Crippen molar-refractivity contribution in [3.05, 3.63) is 71.3 Å². The third kappa shape index (κ3) is 5.28. The zero-order valence-corrected chi connectivity index (χ0v) is 14.3. The van der Waals surface area contributed by atoms with E-state index in [0.717, 1.165) is 6.42 Å². The Morgan fingerprint density at radius 3 is 2.08 bits per heavy atom. The zero-order valence-electron chi connectivity index (χ0n) is 14.3. The maximum atomic E-state index is 12.3. The average Bonchev–Trinajstić information content (AvgIpc) is 2.66. The molecule has 130 valence electrons. The van der Waals surface area contributed by atoms with Crippen molar-refractivity contribution in [2.45, 2.75) is 26.3 Å². The van der Waals surface area contributed by atoms with Gasteiger partial charge in [-0.3, -0.25) is 9.59 Å². The second-order valence-electron chi connectivity index (χ2n) is 5.73. The highest BCUT2D eigenvalue weighted by Crippen LogP contribution is 2.11. The Bertz CT molecular complexity index is 738. The Morgan fingerprint density at radius 1 is 0.920 bits per heavy atom. The number of hydrogen-bond donors (Lipinski definition) is 1. The second kappa shape index (κ2) is 8.78. The molecule has 1 N–H and O–H groups in total.